The molecule has 4 aromatic rings. The number of pyridine rings is 1. The van der Waals surface area contributed by atoms with Crippen molar-refractivity contribution in [1.29, 1.82) is 0 Å². The first kappa shape index (κ1) is 23.9. The first-order valence-corrected chi connectivity index (χ1v) is 10.8. The molecule has 0 saturated carbocycles. The monoisotopic (exact) mass is 480 g/mol. The van der Waals surface area contributed by atoms with Gasteiger partial charge in [-0.2, -0.15) is 18.2 Å². The van der Waals surface area contributed by atoms with Crippen LogP contribution in [0.3, 0.4) is 0 Å². The van der Waals surface area contributed by atoms with Crippen LogP contribution in [0.25, 0.3) is 11.1 Å². The summed E-state index contributed by atoms with van der Waals surface area (Å²) in [6.45, 7) is -0.814. The zero-order valence-electron chi connectivity index (χ0n) is 18.7. The normalized spacial score (nSPS) is 11.2. The number of benzene rings is 3. The fraction of sp³-hybridized carbons (Fsp3) is 0.148. The third-order valence-electron chi connectivity index (χ3n) is 4.99. The lowest BCUT2D eigenvalue weighted by Crippen LogP contribution is -2.19. The average molecular weight is 480 g/mol. The number of nitrogens with zero attached hydrogens (tertiary/aromatic N) is 1. The summed E-state index contributed by atoms with van der Waals surface area (Å²) in [5, 5.41) is 0. The molecular formula is C27H23F3N2O3. The molecule has 0 spiro atoms. The molecule has 180 valence electrons. The van der Waals surface area contributed by atoms with Crippen molar-refractivity contribution in [3.05, 3.63) is 102 Å². The molecule has 0 aliphatic carbocycles. The number of nitrogen functional groups attached to an aromatic ring is 1. The molecule has 3 aromatic carbocycles. The van der Waals surface area contributed by atoms with Crippen LogP contribution in [0.4, 0.5) is 18.9 Å². The van der Waals surface area contributed by atoms with Crippen molar-refractivity contribution >= 4 is 5.69 Å². The van der Waals surface area contributed by atoms with Crippen molar-refractivity contribution in [2.24, 2.45) is 0 Å². The zero-order chi connectivity index (χ0) is 24.7. The Balaban J connectivity index is 1.58. The van der Waals surface area contributed by atoms with Crippen LogP contribution in [0.1, 0.15) is 11.1 Å². The van der Waals surface area contributed by atoms with Crippen LogP contribution in [0.2, 0.25) is 0 Å². The summed E-state index contributed by atoms with van der Waals surface area (Å²) in [5.41, 5.74) is 9.21. The van der Waals surface area contributed by atoms with Gasteiger partial charge in [-0.3, -0.25) is 0 Å². The predicted octanol–water partition coefficient (Wildman–Crippen LogP) is 6.43. The lowest BCUT2D eigenvalue weighted by molar-refractivity contribution is -0.153. The van der Waals surface area contributed by atoms with Crippen LogP contribution in [0.5, 0.6) is 17.5 Å². The number of anilines is 1. The van der Waals surface area contributed by atoms with E-state index in [2.05, 4.69) is 4.98 Å². The Hall–Kier alpha value is -4.20. The van der Waals surface area contributed by atoms with E-state index in [1.54, 1.807) is 18.2 Å². The summed E-state index contributed by atoms with van der Waals surface area (Å²) in [4.78, 5) is 4.53. The Morgan fingerprint density at radius 3 is 1.94 bits per heavy atom. The second-order valence-corrected chi connectivity index (χ2v) is 7.71. The minimum Gasteiger partial charge on any atom is -0.482 e. The van der Waals surface area contributed by atoms with Gasteiger partial charge in [-0.25, -0.2) is 0 Å². The molecular weight excluding hydrogens is 457 g/mol. The number of halogens is 3. The SMILES string of the molecule is Nc1cc(-c2ccc(OCc3ccccc3)nc2OCc2ccccc2)ccc1OCC(F)(F)F. The van der Waals surface area contributed by atoms with Gasteiger partial charge in [-0.1, -0.05) is 66.7 Å². The Morgan fingerprint density at radius 1 is 0.714 bits per heavy atom. The van der Waals surface area contributed by atoms with E-state index in [0.29, 0.717) is 29.5 Å². The third kappa shape index (κ3) is 6.89. The van der Waals surface area contributed by atoms with Gasteiger partial charge in [0.2, 0.25) is 11.8 Å². The summed E-state index contributed by atoms with van der Waals surface area (Å²) in [6, 6.07) is 27.3. The molecule has 1 aromatic heterocycles. The van der Waals surface area contributed by atoms with Crippen LogP contribution in [0, 0.1) is 0 Å². The van der Waals surface area contributed by atoms with Crippen molar-refractivity contribution in [2.75, 3.05) is 12.3 Å². The fourth-order valence-corrected chi connectivity index (χ4v) is 3.30. The zero-order valence-corrected chi connectivity index (χ0v) is 18.7. The van der Waals surface area contributed by atoms with E-state index in [1.165, 1.54) is 12.1 Å². The molecule has 0 atom stereocenters. The Bertz CT molecular complexity index is 1250. The molecule has 4 rings (SSSR count). The van der Waals surface area contributed by atoms with Gasteiger partial charge in [0, 0.05) is 11.6 Å². The molecule has 0 amide bonds. The van der Waals surface area contributed by atoms with Crippen molar-refractivity contribution in [3.63, 3.8) is 0 Å². The molecule has 35 heavy (non-hydrogen) atoms. The van der Waals surface area contributed by atoms with Crippen molar-refractivity contribution in [3.8, 4) is 28.6 Å². The highest BCUT2D eigenvalue weighted by Crippen LogP contribution is 2.35. The van der Waals surface area contributed by atoms with Crippen LogP contribution >= 0.6 is 0 Å². The summed E-state index contributed by atoms with van der Waals surface area (Å²) in [6.07, 6.45) is -4.46. The topological polar surface area (TPSA) is 66.6 Å². The lowest BCUT2D eigenvalue weighted by atomic mass is 10.1. The molecule has 0 saturated heterocycles. The lowest BCUT2D eigenvalue weighted by Gasteiger charge is -2.15. The van der Waals surface area contributed by atoms with E-state index in [9.17, 15) is 13.2 Å². The first-order chi connectivity index (χ1) is 16.9. The Labute approximate surface area is 200 Å². The van der Waals surface area contributed by atoms with Crippen LogP contribution in [-0.4, -0.2) is 17.8 Å². The summed E-state index contributed by atoms with van der Waals surface area (Å²) >= 11 is 0. The maximum Gasteiger partial charge on any atom is 0.422 e. The first-order valence-electron chi connectivity index (χ1n) is 10.8. The molecule has 0 aliphatic heterocycles. The number of hydrogen-bond acceptors (Lipinski definition) is 5. The summed E-state index contributed by atoms with van der Waals surface area (Å²) in [5.74, 6) is 0.634. The van der Waals surface area contributed by atoms with Gasteiger partial charge >= 0.3 is 6.18 Å². The maximum atomic E-state index is 12.5. The highest BCUT2D eigenvalue weighted by atomic mass is 19.4. The molecule has 5 nitrogen and oxygen atoms in total. The van der Waals surface area contributed by atoms with Gasteiger partial charge in [-0.05, 0) is 34.9 Å². The number of rotatable bonds is 9. The van der Waals surface area contributed by atoms with Gasteiger partial charge in [0.15, 0.2) is 6.61 Å². The largest absolute Gasteiger partial charge is 0.482 e. The molecule has 1 heterocycles. The number of ether oxygens (including phenoxy) is 3. The van der Waals surface area contributed by atoms with E-state index in [-0.39, 0.29) is 18.0 Å². The third-order valence-corrected chi connectivity index (χ3v) is 4.99. The fourth-order valence-electron chi connectivity index (χ4n) is 3.30. The molecule has 0 unspecified atom stereocenters. The van der Waals surface area contributed by atoms with E-state index >= 15 is 0 Å². The van der Waals surface area contributed by atoms with Crippen LogP contribution < -0.4 is 19.9 Å². The Morgan fingerprint density at radius 2 is 1.34 bits per heavy atom. The van der Waals surface area contributed by atoms with Crippen molar-refractivity contribution in [1.82, 2.24) is 4.98 Å². The van der Waals surface area contributed by atoms with Gasteiger partial charge < -0.3 is 19.9 Å². The molecule has 0 bridgehead atoms. The number of alkyl halides is 3. The van der Waals surface area contributed by atoms with Gasteiger partial charge in [0.1, 0.15) is 19.0 Å². The van der Waals surface area contributed by atoms with Crippen molar-refractivity contribution in [2.45, 2.75) is 19.4 Å². The molecule has 0 aliphatic rings. The highest BCUT2D eigenvalue weighted by molar-refractivity contribution is 5.74. The van der Waals surface area contributed by atoms with Gasteiger partial charge in [-0.15, -0.1) is 0 Å². The maximum absolute atomic E-state index is 12.5. The molecule has 0 radical (unpaired) electrons. The number of aromatic nitrogens is 1. The molecule has 2 N–H and O–H groups in total. The van der Waals surface area contributed by atoms with E-state index in [4.69, 9.17) is 19.9 Å². The van der Waals surface area contributed by atoms with E-state index < -0.39 is 12.8 Å². The molecule has 0 fully saturated rings. The average Bonchev–Trinajstić information content (AvgIpc) is 2.86. The van der Waals surface area contributed by atoms with Crippen LogP contribution in [0.15, 0.2) is 91.0 Å². The second-order valence-electron chi connectivity index (χ2n) is 7.71. The smallest absolute Gasteiger partial charge is 0.422 e. The minimum atomic E-state index is -4.46. The summed E-state index contributed by atoms with van der Waals surface area (Å²) < 4.78 is 54.2. The van der Waals surface area contributed by atoms with E-state index in [0.717, 1.165) is 11.1 Å². The highest BCUT2D eigenvalue weighted by Gasteiger charge is 2.28. The van der Waals surface area contributed by atoms with Gasteiger partial charge in [0.05, 0.1) is 5.69 Å². The Kier molecular flexibility index (Phi) is 7.40. The number of nitrogens with two attached hydrogens (primary N) is 1. The molecule has 8 heteroatoms. The van der Waals surface area contributed by atoms with E-state index in [1.807, 2.05) is 60.7 Å². The quantitative estimate of drug-likeness (QED) is 0.280. The van der Waals surface area contributed by atoms with Crippen molar-refractivity contribution < 1.29 is 27.4 Å². The second kappa shape index (κ2) is 10.8. The number of hydrogen-bond donors (Lipinski definition) is 1. The minimum absolute atomic E-state index is 0.0476. The standard InChI is InChI=1S/C27H23F3N2O3/c28-27(29,30)18-35-24-13-11-21(15-23(24)31)22-12-14-25(33-16-19-7-3-1-4-8-19)32-26(22)34-17-20-9-5-2-6-10-20/h1-15H,16-18,31H2. The van der Waals surface area contributed by atoms with Crippen LogP contribution in [-0.2, 0) is 13.2 Å². The summed E-state index contributed by atoms with van der Waals surface area (Å²) in [7, 11) is 0. The predicted molar refractivity (Wildman–Crippen MR) is 127 cm³/mol. The van der Waals surface area contributed by atoms with Gasteiger partial charge in [0.25, 0.3) is 0 Å².